The zero-order chi connectivity index (χ0) is 9.10. The van der Waals surface area contributed by atoms with E-state index in [0.717, 1.165) is 13.1 Å². The Hall–Kier alpha value is -1.07. The molecule has 1 fully saturated rings. The summed E-state index contributed by atoms with van der Waals surface area (Å²) in [4.78, 5) is 0. The van der Waals surface area contributed by atoms with Gasteiger partial charge in [0.2, 0.25) is 5.88 Å². The second kappa shape index (κ2) is 3.76. The molecule has 0 atom stereocenters. The minimum absolute atomic E-state index is 0.103. The van der Waals surface area contributed by atoms with E-state index in [9.17, 15) is 0 Å². The minimum atomic E-state index is 0.103. The van der Waals surface area contributed by atoms with Crippen molar-refractivity contribution in [2.75, 3.05) is 19.7 Å². The Bertz CT molecular complexity index is 270. The van der Waals surface area contributed by atoms with Crippen LogP contribution in [0.5, 0.6) is 5.88 Å². The molecule has 0 amide bonds. The molecule has 0 unspecified atom stereocenters. The molecular formula is C8H13N3O2. The minimum Gasteiger partial charge on any atom is -0.471 e. The van der Waals surface area contributed by atoms with Gasteiger partial charge >= 0.3 is 0 Å². The van der Waals surface area contributed by atoms with E-state index in [2.05, 4.69) is 10.4 Å². The van der Waals surface area contributed by atoms with E-state index >= 15 is 0 Å². The van der Waals surface area contributed by atoms with Gasteiger partial charge in [-0.1, -0.05) is 0 Å². The van der Waals surface area contributed by atoms with Crippen LogP contribution in [0.4, 0.5) is 0 Å². The molecule has 1 aromatic rings. The highest BCUT2D eigenvalue weighted by Gasteiger charge is 2.18. The largest absolute Gasteiger partial charge is 0.471 e. The van der Waals surface area contributed by atoms with Crippen molar-refractivity contribution in [1.29, 1.82) is 0 Å². The van der Waals surface area contributed by atoms with Gasteiger partial charge < -0.3 is 15.2 Å². The Kier molecular flexibility index (Phi) is 2.47. The zero-order valence-corrected chi connectivity index (χ0v) is 7.31. The lowest BCUT2D eigenvalue weighted by Crippen LogP contribution is -2.50. The normalized spacial score (nSPS) is 17.0. The zero-order valence-electron chi connectivity index (χ0n) is 7.31. The van der Waals surface area contributed by atoms with Crippen molar-refractivity contribution < 1.29 is 9.84 Å². The maximum atomic E-state index is 8.66. The molecule has 2 heterocycles. The van der Waals surface area contributed by atoms with Gasteiger partial charge in [0, 0.05) is 25.4 Å². The predicted molar refractivity (Wildman–Crippen MR) is 46.6 cm³/mol. The van der Waals surface area contributed by atoms with Gasteiger partial charge in [0.05, 0.1) is 13.2 Å². The standard InChI is InChI=1S/C8H13N3O2/c12-4-3-11-2-1-8(10-11)13-7-5-9-6-7/h1-2,7,9,12H,3-6H2. The number of nitrogens with zero attached hydrogens (tertiary/aromatic N) is 2. The monoisotopic (exact) mass is 183 g/mol. The van der Waals surface area contributed by atoms with Crippen molar-refractivity contribution in [3.63, 3.8) is 0 Å². The third kappa shape index (κ3) is 1.99. The van der Waals surface area contributed by atoms with Crippen molar-refractivity contribution in [1.82, 2.24) is 15.1 Å². The summed E-state index contributed by atoms with van der Waals surface area (Å²) in [5.74, 6) is 0.639. The summed E-state index contributed by atoms with van der Waals surface area (Å²) in [5.41, 5.74) is 0. The Balaban J connectivity index is 1.88. The van der Waals surface area contributed by atoms with Crippen LogP contribution in [-0.4, -0.2) is 40.7 Å². The third-order valence-electron chi connectivity index (χ3n) is 1.98. The van der Waals surface area contributed by atoms with Crippen molar-refractivity contribution in [3.8, 4) is 5.88 Å². The highest BCUT2D eigenvalue weighted by molar-refractivity contribution is 5.07. The SMILES string of the molecule is OCCn1ccc(OC2CNC2)n1. The molecule has 2 N–H and O–H groups in total. The van der Waals surface area contributed by atoms with Crippen LogP contribution in [0, 0.1) is 0 Å². The smallest absolute Gasteiger partial charge is 0.233 e. The number of aromatic nitrogens is 2. The van der Waals surface area contributed by atoms with Gasteiger partial charge in [-0.3, -0.25) is 4.68 Å². The highest BCUT2D eigenvalue weighted by Crippen LogP contribution is 2.09. The number of rotatable bonds is 4. The lowest BCUT2D eigenvalue weighted by Gasteiger charge is -2.26. The van der Waals surface area contributed by atoms with E-state index in [4.69, 9.17) is 9.84 Å². The van der Waals surface area contributed by atoms with E-state index in [0.29, 0.717) is 12.4 Å². The summed E-state index contributed by atoms with van der Waals surface area (Å²) in [7, 11) is 0. The van der Waals surface area contributed by atoms with E-state index in [-0.39, 0.29) is 12.7 Å². The molecule has 0 spiro atoms. The van der Waals surface area contributed by atoms with E-state index in [1.165, 1.54) is 0 Å². The molecule has 1 aromatic heterocycles. The number of nitrogens with one attached hydrogen (secondary N) is 1. The molecule has 0 bridgehead atoms. The van der Waals surface area contributed by atoms with Crippen LogP contribution < -0.4 is 10.1 Å². The molecule has 72 valence electrons. The van der Waals surface area contributed by atoms with Gasteiger partial charge in [-0.2, -0.15) is 0 Å². The first-order valence-electron chi connectivity index (χ1n) is 4.40. The van der Waals surface area contributed by atoms with Crippen LogP contribution in [-0.2, 0) is 6.54 Å². The number of aliphatic hydroxyl groups is 1. The molecule has 1 aliphatic heterocycles. The molecule has 5 nitrogen and oxygen atoms in total. The van der Waals surface area contributed by atoms with Gasteiger partial charge in [-0.05, 0) is 0 Å². The lowest BCUT2D eigenvalue weighted by atomic mass is 10.2. The Morgan fingerprint density at radius 2 is 2.54 bits per heavy atom. The fourth-order valence-corrected chi connectivity index (χ4v) is 1.15. The molecule has 2 rings (SSSR count). The summed E-state index contributed by atoms with van der Waals surface area (Å²) < 4.78 is 7.17. The van der Waals surface area contributed by atoms with Gasteiger partial charge in [0.1, 0.15) is 6.10 Å². The van der Waals surface area contributed by atoms with Crippen LogP contribution in [0.15, 0.2) is 12.3 Å². The summed E-state index contributed by atoms with van der Waals surface area (Å²) in [6, 6.07) is 1.81. The van der Waals surface area contributed by atoms with Crippen LogP contribution in [0.3, 0.4) is 0 Å². The first kappa shape index (κ1) is 8.52. The van der Waals surface area contributed by atoms with Crippen molar-refractivity contribution in [2.24, 2.45) is 0 Å². The van der Waals surface area contributed by atoms with Gasteiger partial charge in [0.25, 0.3) is 0 Å². The number of hydrogen-bond acceptors (Lipinski definition) is 4. The van der Waals surface area contributed by atoms with Gasteiger partial charge in [-0.25, -0.2) is 0 Å². The summed E-state index contributed by atoms with van der Waals surface area (Å²) in [6.45, 7) is 2.41. The first-order valence-corrected chi connectivity index (χ1v) is 4.40. The maximum absolute atomic E-state index is 8.66. The summed E-state index contributed by atoms with van der Waals surface area (Å²) in [6.07, 6.45) is 2.06. The van der Waals surface area contributed by atoms with Crippen molar-refractivity contribution in [3.05, 3.63) is 12.3 Å². The third-order valence-corrected chi connectivity index (χ3v) is 1.98. The average Bonchev–Trinajstić information content (AvgIpc) is 2.46. The van der Waals surface area contributed by atoms with E-state index in [1.807, 2.05) is 6.07 Å². The molecule has 0 saturated carbocycles. The second-order valence-corrected chi connectivity index (χ2v) is 3.04. The number of ether oxygens (including phenoxy) is 1. The second-order valence-electron chi connectivity index (χ2n) is 3.04. The molecular weight excluding hydrogens is 170 g/mol. The molecule has 1 saturated heterocycles. The Morgan fingerprint density at radius 1 is 1.69 bits per heavy atom. The quantitative estimate of drug-likeness (QED) is 0.643. The molecule has 5 heteroatoms. The maximum Gasteiger partial charge on any atom is 0.233 e. The van der Waals surface area contributed by atoms with Crippen molar-refractivity contribution >= 4 is 0 Å². The average molecular weight is 183 g/mol. The van der Waals surface area contributed by atoms with Crippen LogP contribution >= 0.6 is 0 Å². The van der Waals surface area contributed by atoms with E-state index in [1.54, 1.807) is 10.9 Å². The van der Waals surface area contributed by atoms with E-state index < -0.39 is 0 Å². The lowest BCUT2D eigenvalue weighted by molar-refractivity contribution is 0.134. The molecule has 13 heavy (non-hydrogen) atoms. The summed E-state index contributed by atoms with van der Waals surface area (Å²) >= 11 is 0. The van der Waals surface area contributed by atoms with Gasteiger partial charge in [-0.15, -0.1) is 5.10 Å². The molecule has 0 radical (unpaired) electrons. The molecule has 0 aliphatic carbocycles. The van der Waals surface area contributed by atoms with Crippen LogP contribution in [0.25, 0.3) is 0 Å². The summed E-state index contributed by atoms with van der Waals surface area (Å²) in [5, 5.41) is 15.9. The fourth-order valence-electron chi connectivity index (χ4n) is 1.15. The van der Waals surface area contributed by atoms with Gasteiger partial charge in [0.15, 0.2) is 0 Å². The molecule has 0 aromatic carbocycles. The highest BCUT2D eigenvalue weighted by atomic mass is 16.5. The first-order chi connectivity index (χ1) is 6.38. The van der Waals surface area contributed by atoms with Crippen LogP contribution in [0.2, 0.25) is 0 Å². The topological polar surface area (TPSA) is 59.3 Å². The Labute approximate surface area is 76.3 Å². The predicted octanol–water partition coefficient (Wildman–Crippen LogP) is -0.774. The fraction of sp³-hybridized carbons (Fsp3) is 0.625. The van der Waals surface area contributed by atoms with Crippen LogP contribution in [0.1, 0.15) is 0 Å². The number of hydrogen-bond donors (Lipinski definition) is 2. The number of aliphatic hydroxyl groups excluding tert-OH is 1. The van der Waals surface area contributed by atoms with Crippen molar-refractivity contribution in [2.45, 2.75) is 12.6 Å². The Morgan fingerprint density at radius 3 is 3.15 bits per heavy atom. The molecule has 1 aliphatic rings.